The molecule has 0 bridgehead atoms. The molecule has 1 atom stereocenters. The third-order valence-corrected chi connectivity index (χ3v) is 2.79. The Bertz CT molecular complexity index is 358. The molecule has 5 heteroatoms. The molecule has 1 aromatic rings. The molecule has 88 valence electrons. The standard InChI is InChI=1S/C11H15BrN2O2/c1-16-7-6-9(13)11(15)14-10-5-3-2-4-8(10)12/h2-5,9H,6-7,13H2,1H3,(H,14,15). The normalized spacial score (nSPS) is 12.2. The zero-order valence-corrected chi connectivity index (χ0v) is 10.7. The fourth-order valence-electron chi connectivity index (χ4n) is 1.16. The monoisotopic (exact) mass is 286 g/mol. The maximum Gasteiger partial charge on any atom is 0.241 e. The highest BCUT2D eigenvalue weighted by molar-refractivity contribution is 9.10. The highest BCUT2D eigenvalue weighted by atomic mass is 79.9. The van der Waals surface area contributed by atoms with E-state index in [0.29, 0.717) is 13.0 Å². The van der Waals surface area contributed by atoms with Crippen LogP contribution in [0.3, 0.4) is 0 Å². The number of nitrogens with two attached hydrogens (primary N) is 1. The quantitative estimate of drug-likeness (QED) is 0.867. The third-order valence-electron chi connectivity index (χ3n) is 2.10. The summed E-state index contributed by atoms with van der Waals surface area (Å²) >= 11 is 3.35. The van der Waals surface area contributed by atoms with E-state index in [0.717, 1.165) is 10.2 Å². The molecule has 0 aromatic heterocycles. The second-order valence-corrected chi connectivity index (χ2v) is 4.21. The van der Waals surface area contributed by atoms with Gasteiger partial charge in [-0.25, -0.2) is 0 Å². The number of carbonyl (C=O) groups excluding carboxylic acids is 1. The van der Waals surface area contributed by atoms with Crippen LogP contribution in [0.2, 0.25) is 0 Å². The number of hydrogen-bond donors (Lipinski definition) is 2. The minimum absolute atomic E-state index is 0.205. The fourth-order valence-corrected chi connectivity index (χ4v) is 1.55. The molecule has 0 heterocycles. The number of para-hydroxylation sites is 1. The molecule has 0 aliphatic heterocycles. The minimum atomic E-state index is -0.549. The largest absolute Gasteiger partial charge is 0.385 e. The van der Waals surface area contributed by atoms with Crippen LogP contribution in [-0.2, 0) is 9.53 Å². The maximum atomic E-state index is 11.7. The molecule has 0 saturated carbocycles. The van der Waals surface area contributed by atoms with Gasteiger partial charge >= 0.3 is 0 Å². The number of rotatable bonds is 5. The van der Waals surface area contributed by atoms with Crippen LogP contribution >= 0.6 is 15.9 Å². The van der Waals surface area contributed by atoms with E-state index >= 15 is 0 Å². The minimum Gasteiger partial charge on any atom is -0.385 e. The van der Waals surface area contributed by atoms with Gasteiger partial charge in [0.2, 0.25) is 5.91 Å². The first-order chi connectivity index (χ1) is 7.65. The number of ether oxygens (including phenoxy) is 1. The summed E-state index contributed by atoms with van der Waals surface area (Å²) < 4.78 is 5.70. The van der Waals surface area contributed by atoms with E-state index in [1.54, 1.807) is 7.11 Å². The summed E-state index contributed by atoms with van der Waals surface area (Å²) in [6.07, 6.45) is 0.507. The Hall–Kier alpha value is -0.910. The lowest BCUT2D eigenvalue weighted by Gasteiger charge is -2.12. The number of benzene rings is 1. The molecule has 0 aliphatic rings. The number of anilines is 1. The van der Waals surface area contributed by atoms with Gasteiger partial charge in [0.1, 0.15) is 0 Å². The average Bonchev–Trinajstić information content (AvgIpc) is 2.28. The third kappa shape index (κ3) is 3.92. The lowest BCUT2D eigenvalue weighted by Crippen LogP contribution is -2.36. The van der Waals surface area contributed by atoms with E-state index in [1.165, 1.54) is 0 Å². The van der Waals surface area contributed by atoms with Crippen molar-refractivity contribution in [3.05, 3.63) is 28.7 Å². The summed E-state index contributed by atoms with van der Waals surface area (Å²) in [5.41, 5.74) is 6.42. The molecular weight excluding hydrogens is 272 g/mol. The van der Waals surface area contributed by atoms with Gasteiger partial charge in [-0.3, -0.25) is 4.79 Å². The first-order valence-corrected chi connectivity index (χ1v) is 5.74. The molecule has 0 aliphatic carbocycles. The van der Waals surface area contributed by atoms with Crippen molar-refractivity contribution in [2.75, 3.05) is 19.0 Å². The molecule has 1 aromatic carbocycles. The van der Waals surface area contributed by atoms with Gasteiger partial charge in [-0.2, -0.15) is 0 Å². The molecule has 0 saturated heterocycles. The zero-order chi connectivity index (χ0) is 12.0. The smallest absolute Gasteiger partial charge is 0.241 e. The lowest BCUT2D eigenvalue weighted by atomic mass is 10.2. The summed E-state index contributed by atoms with van der Waals surface area (Å²) in [4.78, 5) is 11.7. The molecule has 1 amide bonds. The zero-order valence-electron chi connectivity index (χ0n) is 9.07. The molecule has 1 rings (SSSR count). The van der Waals surface area contributed by atoms with Crippen LogP contribution in [0, 0.1) is 0 Å². The van der Waals surface area contributed by atoms with E-state index in [2.05, 4.69) is 21.2 Å². The molecular formula is C11H15BrN2O2. The van der Waals surface area contributed by atoms with Gasteiger partial charge < -0.3 is 15.8 Å². The Morgan fingerprint density at radius 2 is 2.25 bits per heavy atom. The maximum absolute atomic E-state index is 11.7. The molecule has 0 spiro atoms. The predicted octanol–water partition coefficient (Wildman–Crippen LogP) is 1.75. The van der Waals surface area contributed by atoms with Crippen molar-refractivity contribution in [1.82, 2.24) is 0 Å². The molecule has 1 unspecified atom stereocenters. The Morgan fingerprint density at radius 1 is 1.56 bits per heavy atom. The van der Waals surface area contributed by atoms with Gasteiger partial charge in [0.15, 0.2) is 0 Å². The highest BCUT2D eigenvalue weighted by Gasteiger charge is 2.13. The van der Waals surface area contributed by atoms with E-state index in [-0.39, 0.29) is 5.91 Å². The predicted molar refractivity (Wildman–Crippen MR) is 67.2 cm³/mol. The van der Waals surface area contributed by atoms with Crippen LogP contribution < -0.4 is 11.1 Å². The van der Waals surface area contributed by atoms with Crippen molar-refractivity contribution in [3.8, 4) is 0 Å². The number of amides is 1. The van der Waals surface area contributed by atoms with Crippen molar-refractivity contribution >= 4 is 27.5 Å². The van der Waals surface area contributed by atoms with E-state index in [9.17, 15) is 4.79 Å². The second-order valence-electron chi connectivity index (χ2n) is 3.36. The Morgan fingerprint density at radius 3 is 2.88 bits per heavy atom. The molecule has 16 heavy (non-hydrogen) atoms. The first kappa shape index (κ1) is 13.2. The van der Waals surface area contributed by atoms with Crippen LogP contribution in [0.1, 0.15) is 6.42 Å². The summed E-state index contributed by atoms with van der Waals surface area (Å²) in [6, 6.07) is 6.85. The summed E-state index contributed by atoms with van der Waals surface area (Å²) in [5, 5.41) is 2.75. The second kappa shape index (κ2) is 6.62. The van der Waals surface area contributed by atoms with Crippen LogP contribution in [0.25, 0.3) is 0 Å². The lowest BCUT2D eigenvalue weighted by molar-refractivity contribution is -0.117. The van der Waals surface area contributed by atoms with Crippen LogP contribution in [-0.4, -0.2) is 25.7 Å². The number of hydrogen-bond acceptors (Lipinski definition) is 3. The van der Waals surface area contributed by atoms with E-state index in [4.69, 9.17) is 10.5 Å². The van der Waals surface area contributed by atoms with Gasteiger partial charge in [-0.05, 0) is 34.5 Å². The number of nitrogens with one attached hydrogen (secondary N) is 1. The van der Waals surface area contributed by atoms with Gasteiger partial charge in [-0.15, -0.1) is 0 Å². The number of carbonyl (C=O) groups is 1. The van der Waals surface area contributed by atoms with Crippen LogP contribution in [0.15, 0.2) is 28.7 Å². The Balaban J connectivity index is 2.54. The summed E-state index contributed by atoms with van der Waals surface area (Å²) in [5.74, 6) is -0.205. The SMILES string of the molecule is COCCC(N)C(=O)Nc1ccccc1Br. The van der Waals surface area contributed by atoms with Crippen molar-refractivity contribution in [2.45, 2.75) is 12.5 Å². The van der Waals surface area contributed by atoms with Crippen molar-refractivity contribution in [1.29, 1.82) is 0 Å². The fraction of sp³-hybridized carbons (Fsp3) is 0.364. The first-order valence-electron chi connectivity index (χ1n) is 4.95. The molecule has 0 radical (unpaired) electrons. The van der Waals surface area contributed by atoms with Crippen molar-refractivity contribution < 1.29 is 9.53 Å². The topological polar surface area (TPSA) is 64.3 Å². The Labute approximate surface area is 103 Å². The molecule has 3 N–H and O–H groups in total. The average molecular weight is 287 g/mol. The molecule has 0 fully saturated rings. The van der Waals surface area contributed by atoms with Gasteiger partial charge in [0, 0.05) is 18.2 Å². The van der Waals surface area contributed by atoms with E-state index < -0.39 is 6.04 Å². The number of halogens is 1. The van der Waals surface area contributed by atoms with Crippen molar-refractivity contribution in [3.63, 3.8) is 0 Å². The van der Waals surface area contributed by atoms with Crippen LogP contribution in [0.4, 0.5) is 5.69 Å². The van der Waals surface area contributed by atoms with Crippen molar-refractivity contribution in [2.24, 2.45) is 5.73 Å². The van der Waals surface area contributed by atoms with E-state index in [1.807, 2.05) is 24.3 Å². The Kier molecular flexibility index (Phi) is 5.45. The number of methoxy groups -OCH3 is 1. The summed E-state index contributed by atoms with van der Waals surface area (Å²) in [6.45, 7) is 0.477. The summed E-state index contributed by atoms with van der Waals surface area (Å²) in [7, 11) is 1.58. The molecule has 4 nitrogen and oxygen atoms in total. The van der Waals surface area contributed by atoms with Gasteiger partial charge in [0.05, 0.1) is 11.7 Å². The van der Waals surface area contributed by atoms with Gasteiger partial charge in [-0.1, -0.05) is 12.1 Å². The van der Waals surface area contributed by atoms with Gasteiger partial charge in [0.25, 0.3) is 0 Å². The highest BCUT2D eigenvalue weighted by Crippen LogP contribution is 2.21. The van der Waals surface area contributed by atoms with Crippen LogP contribution in [0.5, 0.6) is 0 Å².